The van der Waals surface area contributed by atoms with Crippen molar-refractivity contribution in [2.45, 2.75) is 53.0 Å². The summed E-state index contributed by atoms with van der Waals surface area (Å²) in [7, 11) is 1.92. The molecule has 0 radical (unpaired) electrons. The van der Waals surface area contributed by atoms with E-state index in [-0.39, 0.29) is 17.7 Å². The van der Waals surface area contributed by atoms with Crippen LogP contribution in [-0.4, -0.2) is 32.4 Å². The number of aryl methyl sites for hydroxylation is 2. The molecule has 31 heavy (non-hydrogen) atoms. The Morgan fingerprint density at radius 2 is 2.03 bits per heavy atom. The quantitative estimate of drug-likeness (QED) is 0.378. The summed E-state index contributed by atoms with van der Waals surface area (Å²) in [4.78, 5) is 21.3. The average molecular weight is 445 g/mol. The lowest BCUT2D eigenvalue weighted by Gasteiger charge is -2.13. The molecule has 166 valence electrons. The summed E-state index contributed by atoms with van der Waals surface area (Å²) in [6.07, 6.45) is 1.94. The van der Waals surface area contributed by atoms with E-state index in [4.69, 9.17) is 21.3 Å². The highest BCUT2D eigenvalue weighted by Gasteiger charge is 2.16. The van der Waals surface area contributed by atoms with Crippen molar-refractivity contribution in [2.24, 2.45) is 7.05 Å². The van der Waals surface area contributed by atoms with E-state index in [2.05, 4.69) is 41.5 Å². The number of hydrogen-bond donors (Lipinski definition) is 2. The van der Waals surface area contributed by atoms with Crippen molar-refractivity contribution in [3.8, 4) is 5.88 Å². The van der Waals surface area contributed by atoms with E-state index in [1.165, 1.54) is 0 Å². The Labute approximate surface area is 187 Å². The molecule has 0 aliphatic heterocycles. The number of carbonyl (C=O) groups excluding carboxylic acids is 1. The number of amides is 2. The summed E-state index contributed by atoms with van der Waals surface area (Å²) in [6.45, 7) is 9.13. The monoisotopic (exact) mass is 444 g/mol. The van der Waals surface area contributed by atoms with E-state index in [9.17, 15) is 4.79 Å². The van der Waals surface area contributed by atoms with E-state index in [0.717, 1.165) is 40.8 Å². The van der Waals surface area contributed by atoms with E-state index in [1.807, 2.05) is 24.7 Å². The third kappa shape index (κ3) is 5.64. The molecule has 0 aliphatic carbocycles. The number of aromatic nitrogens is 4. The molecule has 0 bridgehead atoms. The Morgan fingerprint density at radius 3 is 2.74 bits per heavy atom. The van der Waals surface area contributed by atoms with Crippen LogP contribution in [0, 0.1) is 6.92 Å². The smallest absolute Gasteiger partial charge is 0.319 e. The van der Waals surface area contributed by atoms with Crippen LogP contribution in [0.4, 0.5) is 10.5 Å². The molecule has 0 spiro atoms. The maximum Gasteiger partial charge on any atom is 0.319 e. The van der Waals surface area contributed by atoms with Gasteiger partial charge in [-0.05, 0) is 37.0 Å². The summed E-state index contributed by atoms with van der Waals surface area (Å²) in [6, 6.07) is 4.89. The highest BCUT2D eigenvalue weighted by molar-refractivity contribution is 6.29. The van der Waals surface area contributed by atoms with Gasteiger partial charge in [-0.2, -0.15) is 5.10 Å². The summed E-state index contributed by atoms with van der Waals surface area (Å²) >= 11 is 6.06. The molecule has 0 aromatic carbocycles. The molecule has 8 nitrogen and oxygen atoms in total. The lowest BCUT2D eigenvalue weighted by atomic mass is 10.0. The zero-order chi connectivity index (χ0) is 22.5. The van der Waals surface area contributed by atoms with Gasteiger partial charge in [0.05, 0.1) is 35.7 Å². The highest BCUT2D eigenvalue weighted by Crippen LogP contribution is 2.27. The van der Waals surface area contributed by atoms with Gasteiger partial charge in [0.25, 0.3) is 0 Å². The second kappa shape index (κ2) is 9.96. The average Bonchev–Trinajstić information content (AvgIpc) is 2.99. The normalized spacial score (nSPS) is 11.2. The Morgan fingerprint density at radius 1 is 1.26 bits per heavy atom. The predicted molar refractivity (Wildman–Crippen MR) is 123 cm³/mol. The van der Waals surface area contributed by atoms with Crippen molar-refractivity contribution >= 4 is 34.4 Å². The molecule has 3 heterocycles. The van der Waals surface area contributed by atoms with Gasteiger partial charge in [-0.25, -0.2) is 14.8 Å². The summed E-state index contributed by atoms with van der Waals surface area (Å²) in [5.41, 5.74) is 5.20. The van der Waals surface area contributed by atoms with Gasteiger partial charge < -0.3 is 15.4 Å². The van der Waals surface area contributed by atoms with Gasteiger partial charge in [0.2, 0.25) is 5.88 Å². The van der Waals surface area contributed by atoms with Gasteiger partial charge in [-0.1, -0.05) is 38.8 Å². The Kier molecular flexibility index (Phi) is 7.33. The van der Waals surface area contributed by atoms with Crippen LogP contribution in [0.25, 0.3) is 11.0 Å². The topological polar surface area (TPSA) is 94.0 Å². The Hall–Kier alpha value is -2.87. The minimum Gasteiger partial charge on any atom is -0.478 e. The van der Waals surface area contributed by atoms with Crippen molar-refractivity contribution in [3.05, 3.63) is 40.3 Å². The molecule has 2 amide bonds. The van der Waals surface area contributed by atoms with Crippen molar-refractivity contribution in [1.82, 2.24) is 25.1 Å². The molecule has 3 rings (SSSR count). The number of pyridine rings is 2. The molecule has 2 N–H and O–H groups in total. The number of ether oxygens (including phenoxy) is 1. The molecule has 0 aliphatic rings. The van der Waals surface area contributed by atoms with E-state index in [0.29, 0.717) is 24.1 Å². The Bertz CT molecular complexity index is 1080. The number of hydrogen-bond acceptors (Lipinski definition) is 5. The van der Waals surface area contributed by atoms with Crippen LogP contribution in [0.2, 0.25) is 5.15 Å². The van der Waals surface area contributed by atoms with Crippen molar-refractivity contribution in [3.63, 3.8) is 0 Å². The van der Waals surface area contributed by atoms with Gasteiger partial charge in [0.15, 0.2) is 0 Å². The number of anilines is 1. The molecule has 9 heteroatoms. The molecule has 0 atom stereocenters. The van der Waals surface area contributed by atoms with Crippen LogP contribution in [0.5, 0.6) is 5.88 Å². The SMILES string of the molecule is CCCCOc1cc(NC(=O)NCc2cc(C(C)C)c3c(n2)c(C)nn3C)cc(Cl)n1. The van der Waals surface area contributed by atoms with E-state index in [1.54, 1.807) is 12.1 Å². The zero-order valence-electron chi connectivity index (χ0n) is 18.6. The second-order valence-electron chi connectivity index (χ2n) is 7.79. The molecule has 0 saturated heterocycles. The van der Waals surface area contributed by atoms with Crippen LogP contribution in [-0.2, 0) is 13.6 Å². The Balaban J connectivity index is 1.70. The molecule has 0 fully saturated rings. The second-order valence-corrected chi connectivity index (χ2v) is 8.18. The number of urea groups is 1. The van der Waals surface area contributed by atoms with E-state index < -0.39 is 0 Å². The predicted octanol–water partition coefficient (Wildman–Crippen LogP) is 4.95. The fraction of sp³-hybridized carbons (Fsp3) is 0.455. The standard InChI is InChI=1S/C22H29ClN6O2/c1-6-7-8-31-19-11-15(10-18(23)27-19)26-22(30)24-12-16-9-17(13(2)3)21-20(25-16)14(4)28-29(21)5/h9-11,13H,6-8,12H2,1-5H3,(H2,24,26,27,30). The number of nitrogens with one attached hydrogen (secondary N) is 2. The number of fused-ring (bicyclic) bond motifs is 1. The first-order valence-corrected chi connectivity index (χ1v) is 10.8. The van der Waals surface area contributed by atoms with Gasteiger partial charge >= 0.3 is 6.03 Å². The first-order chi connectivity index (χ1) is 14.8. The largest absolute Gasteiger partial charge is 0.478 e. The summed E-state index contributed by atoms with van der Waals surface area (Å²) in [5, 5.41) is 10.4. The number of unbranched alkanes of at least 4 members (excludes halogenated alkanes) is 1. The third-order valence-corrected chi connectivity index (χ3v) is 5.06. The minimum atomic E-state index is -0.363. The van der Waals surface area contributed by atoms with E-state index >= 15 is 0 Å². The molecule has 3 aromatic rings. The van der Waals surface area contributed by atoms with Crippen molar-refractivity contribution < 1.29 is 9.53 Å². The molecular formula is C22H29ClN6O2. The zero-order valence-corrected chi connectivity index (χ0v) is 19.4. The molecule has 3 aromatic heterocycles. The van der Waals surface area contributed by atoms with Gasteiger partial charge in [-0.15, -0.1) is 0 Å². The third-order valence-electron chi connectivity index (χ3n) is 4.87. The first kappa shape index (κ1) is 22.8. The minimum absolute atomic E-state index is 0.255. The van der Waals surface area contributed by atoms with Crippen LogP contribution < -0.4 is 15.4 Å². The van der Waals surface area contributed by atoms with Crippen LogP contribution in [0.15, 0.2) is 18.2 Å². The fourth-order valence-electron chi connectivity index (χ4n) is 3.34. The van der Waals surface area contributed by atoms with Gasteiger partial charge in [0.1, 0.15) is 10.7 Å². The summed E-state index contributed by atoms with van der Waals surface area (Å²) < 4.78 is 7.45. The molecule has 0 unspecified atom stereocenters. The van der Waals surface area contributed by atoms with Crippen molar-refractivity contribution in [1.29, 1.82) is 0 Å². The number of carbonyl (C=O) groups is 1. The number of rotatable bonds is 8. The van der Waals surface area contributed by atoms with Crippen LogP contribution >= 0.6 is 11.6 Å². The number of halogens is 1. The van der Waals surface area contributed by atoms with Gasteiger partial charge in [0, 0.05) is 13.1 Å². The highest BCUT2D eigenvalue weighted by atomic mass is 35.5. The summed E-state index contributed by atoms with van der Waals surface area (Å²) in [5.74, 6) is 0.690. The maximum absolute atomic E-state index is 12.5. The van der Waals surface area contributed by atoms with Crippen LogP contribution in [0.3, 0.4) is 0 Å². The van der Waals surface area contributed by atoms with Crippen molar-refractivity contribution in [2.75, 3.05) is 11.9 Å². The molecule has 0 saturated carbocycles. The number of nitrogens with zero attached hydrogens (tertiary/aromatic N) is 4. The lowest BCUT2D eigenvalue weighted by Crippen LogP contribution is -2.28. The lowest BCUT2D eigenvalue weighted by molar-refractivity contribution is 0.251. The fourth-order valence-corrected chi connectivity index (χ4v) is 3.55. The maximum atomic E-state index is 12.5. The van der Waals surface area contributed by atoms with Crippen LogP contribution in [0.1, 0.15) is 56.5 Å². The van der Waals surface area contributed by atoms with Gasteiger partial charge in [-0.3, -0.25) is 4.68 Å². The first-order valence-electron chi connectivity index (χ1n) is 10.5. The molecular weight excluding hydrogens is 416 g/mol.